The van der Waals surface area contributed by atoms with Crippen LogP contribution in [0.4, 0.5) is 0 Å². The minimum absolute atomic E-state index is 0.495. The van der Waals surface area contributed by atoms with Gasteiger partial charge in [0.1, 0.15) is 0 Å². The van der Waals surface area contributed by atoms with E-state index in [4.69, 9.17) is 0 Å². The van der Waals surface area contributed by atoms with Crippen LogP contribution in [0.5, 0.6) is 0 Å². The van der Waals surface area contributed by atoms with Gasteiger partial charge in [-0.15, -0.1) is 0 Å². The topological polar surface area (TPSA) is 25.8 Å². The van der Waals surface area contributed by atoms with Crippen molar-refractivity contribution in [3.63, 3.8) is 0 Å². The molecule has 0 N–H and O–H groups in total. The first-order valence-electron chi connectivity index (χ1n) is 4.88. The van der Waals surface area contributed by atoms with Gasteiger partial charge in [-0.1, -0.05) is 13.8 Å². The van der Waals surface area contributed by atoms with Crippen LogP contribution in [0.25, 0.3) is 10.9 Å². The average Bonchev–Trinajstić information content (AvgIpc) is 2.16. The molecule has 0 fully saturated rings. The summed E-state index contributed by atoms with van der Waals surface area (Å²) in [5.41, 5.74) is 3.46. The van der Waals surface area contributed by atoms with Crippen LogP contribution in [0, 0.1) is 6.92 Å². The molecule has 0 aliphatic rings. The Hall–Kier alpha value is -1.44. The van der Waals surface area contributed by atoms with Gasteiger partial charge in [0.2, 0.25) is 0 Å². The van der Waals surface area contributed by atoms with Crippen molar-refractivity contribution in [2.24, 2.45) is 0 Å². The Morgan fingerprint density at radius 3 is 2.64 bits per heavy atom. The van der Waals surface area contributed by atoms with Gasteiger partial charge in [-0.25, -0.2) is 0 Å². The van der Waals surface area contributed by atoms with Gasteiger partial charge in [-0.2, -0.15) is 0 Å². The van der Waals surface area contributed by atoms with Crippen molar-refractivity contribution >= 4 is 10.9 Å². The highest BCUT2D eigenvalue weighted by Crippen LogP contribution is 2.23. The smallest absolute Gasteiger partial charge is 0.0888 e. The zero-order valence-electron chi connectivity index (χ0n) is 8.78. The largest absolute Gasteiger partial charge is 0.262 e. The molecule has 2 aromatic rings. The number of aromatic nitrogens is 2. The number of hydrogen-bond acceptors (Lipinski definition) is 2. The molecule has 0 aliphatic heterocycles. The van der Waals surface area contributed by atoms with Crippen LogP contribution in [-0.2, 0) is 0 Å². The molecule has 2 rings (SSSR count). The van der Waals surface area contributed by atoms with E-state index in [0.29, 0.717) is 5.92 Å². The van der Waals surface area contributed by atoms with Gasteiger partial charge in [0.15, 0.2) is 0 Å². The fourth-order valence-electron chi connectivity index (χ4n) is 1.63. The summed E-state index contributed by atoms with van der Waals surface area (Å²) in [5.74, 6) is 0.495. The monoisotopic (exact) mass is 186 g/mol. The quantitative estimate of drug-likeness (QED) is 0.684. The van der Waals surface area contributed by atoms with Crippen LogP contribution in [-0.4, -0.2) is 9.97 Å². The molecule has 14 heavy (non-hydrogen) atoms. The molecule has 0 radical (unpaired) electrons. The molecule has 0 aromatic carbocycles. The van der Waals surface area contributed by atoms with E-state index < -0.39 is 0 Å². The lowest BCUT2D eigenvalue weighted by Crippen LogP contribution is -1.93. The fraction of sp³-hybridized carbons (Fsp3) is 0.333. The molecule has 2 nitrogen and oxygen atoms in total. The molecule has 2 heteroatoms. The molecular weight excluding hydrogens is 172 g/mol. The van der Waals surface area contributed by atoms with Crippen molar-refractivity contribution in [3.05, 3.63) is 35.8 Å². The summed E-state index contributed by atoms with van der Waals surface area (Å²) in [6.45, 7) is 6.43. The molecule has 0 unspecified atom stereocenters. The van der Waals surface area contributed by atoms with Gasteiger partial charge in [-0.05, 0) is 30.0 Å². The maximum atomic E-state index is 4.36. The normalized spacial score (nSPS) is 11.1. The average molecular weight is 186 g/mol. The number of pyridine rings is 2. The Morgan fingerprint density at radius 1 is 1.14 bits per heavy atom. The van der Waals surface area contributed by atoms with Crippen LogP contribution in [0.3, 0.4) is 0 Å². The molecule has 0 atom stereocenters. The van der Waals surface area contributed by atoms with Gasteiger partial charge < -0.3 is 0 Å². The maximum absolute atomic E-state index is 4.36. The summed E-state index contributed by atoms with van der Waals surface area (Å²) in [7, 11) is 0. The third kappa shape index (κ3) is 1.48. The minimum Gasteiger partial charge on any atom is -0.262 e. The molecular formula is C12H14N2. The third-order valence-corrected chi connectivity index (χ3v) is 2.40. The van der Waals surface area contributed by atoms with Gasteiger partial charge in [-0.3, -0.25) is 9.97 Å². The van der Waals surface area contributed by atoms with Gasteiger partial charge in [0.05, 0.1) is 11.7 Å². The SMILES string of the molecule is Cc1cnc2cncc(C(C)C)c2c1. The van der Waals surface area contributed by atoms with E-state index in [2.05, 4.69) is 36.8 Å². The minimum atomic E-state index is 0.495. The zero-order chi connectivity index (χ0) is 10.1. The first kappa shape index (κ1) is 9.13. The van der Waals surface area contributed by atoms with E-state index in [9.17, 15) is 0 Å². The molecule has 0 bridgehead atoms. The Balaban J connectivity index is 2.77. The molecule has 0 aliphatic carbocycles. The number of rotatable bonds is 1. The molecule has 2 heterocycles. The highest BCUT2D eigenvalue weighted by atomic mass is 14.7. The molecule has 72 valence electrons. The van der Waals surface area contributed by atoms with E-state index in [1.165, 1.54) is 16.5 Å². The Kier molecular flexibility index (Phi) is 2.20. The predicted octanol–water partition coefficient (Wildman–Crippen LogP) is 3.06. The number of aryl methyl sites for hydroxylation is 1. The standard InChI is InChI=1S/C12H14N2/c1-8(2)11-6-13-7-12-10(11)4-9(3)5-14-12/h4-8H,1-3H3. The number of hydrogen-bond donors (Lipinski definition) is 0. The zero-order valence-corrected chi connectivity index (χ0v) is 8.78. The van der Waals surface area contributed by atoms with E-state index in [1.54, 1.807) is 0 Å². The van der Waals surface area contributed by atoms with Crippen LogP contribution >= 0.6 is 0 Å². The lowest BCUT2D eigenvalue weighted by Gasteiger charge is -2.08. The van der Waals surface area contributed by atoms with Crippen molar-refractivity contribution in [1.82, 2.24) is 9.97 Å². The van der Waals surface area contributed by atoms with Crippen molar-refractivity contribution < 1.29 is 0 Å². The van der Waals surface area contributed by atoms with Crippen molar-refractivity contribution in [2.45, 2.75) is 26.7 Å². The Labute approximate surface area is 84.0 Å². The van der Waals surface area contributed by atoms with Gasteiger partial charge in [0.25, 0.3) is 0 Å². The molecule has 0 saturated heterocycles. The first-order valence-corrected chi connectivity index (χ1v) is 4.88. The van der Waals surface area contributed by atoms with E-state index in [1.807, 2.05) is 18.6 Å². The van der Waals surface area contributed by atoms with Crippen molar-refractivity contribution in [1.29, 1.82) is 0 Å². The lowest BCUT2D eigenvalue weighted by atomic mass is 10.0. The third-order valence-electron chi connectivity index (χ3n) is 2.40. The summed E-state index contributed by atoms with van der Waals surface area (Å²) < 4.78 is 0. The van der Waals surface area contributed by atoms with E-state index in [0.717, 1.165) is 5.52 Å². The molecule has 2 aromatic heterocycles. The van der Waals surface area contributed by atoms with Crippen molar-refractivity contribution in [2.75, 3.05) is 0 Å². The highest BCUT2D eigenvalue weighted by molar-refractivity contribution is 5.81. The Morgan fingerprint density at radius 2 is 1.93 bits per heavy atom. The van der Waals surface area contributed by atoms with Crippen LogP contribution < -0.4 is 0 Å². The van der Waals surface area contributed by atoms with Crippen LogP contribution in [0.1, 0.15) is 30.9 Å². The first-order chi connectivity index (χ1) is 6.68. The number of fused-ring (bicyclic) bond motifs is 1. The predicted molar refractivity (Wildman–Crippen MR) is 58.4 cm³/mol. The molecule has 0 amide bonds. The van der Waals surface area contributed by atoms with E-state index >= 15 is 0 Å². The van der Waals surface area contributed by atoms with Crippen molar-refractivity contribution in [3.8, 4) is 0 Å². The summed E-state index contributed by atoms with van der Waals surface area (Å²) in [4.78, 5) is 8.56. The van der Waals surface area contributed by atoms with Gasteiger partial charge in [0, 0.05) is 17.8 Å². The second-order valence-corrected chi connectivity index (χ2v) is 3.96. The number of nitrogens with zero attached hydrogens (tertiary/aromatic N) is 2. The second-order valence-electron chi connectivity index (χ2n) is 3.96. The fourth-order valence-corrected chi connectivity index (χ4v) is 1.63. The summed E-state index contributed by atoms with van der Waals surface area (Å²) in [6.07, 6.45) is 5.64. The second kappa shape index (κ2) is 3.37. The van der Waals surface area contributed by atoms with Crippen LogP contribution in [0.2, 0.25) is 0 Å². The molecule has 0 saturated carbocycles. The van der Waals surface area contributed by atoms with Crippen LogP contribution in [0.15, 0.2) is 24.7 Å². The summed E-state index contributed by atoms with van der Waals surface area (Å²) in [6, 6.07) is 2.18. The summed E-state index contributed by atoms with van der Waals surface area (Å²) in [5, 5.41) is 1.23. The lowest BCUT2D eigenvalue weighted by molar-refractivity contribution is 0.868. The summed E-state index contributed by atoms with van der Waals surface area (Å²) >= 11 is 0. The maximum Gasteiger partial charge on any atom is 0.0888 e. The highest BCUT2D eigenvalue weighted by Gasteiger charge is 2.05. The Bertz CT molecular complexity index is 461. The van der Waals surface area contributed by atoms with E-state index in [-0.39, 0.29) is 0 Å². The molecule has 0 spiro atoms. The van der Waals surface area contributed by atoms with Gasteiger partial charge >= 0.3 is 0 Å².